The molecule has 18 heavy (non-hydrogen) atoms. The molecule has 1 fully saturated rings. The van der Waals surface area contributed by atoms with Gasteiger partial charge >= 0.3 is 0 Å². The lowest BCUT2D eigenvalue weighted by atomic mass is 9.70. The molecule has 1 aromatic carbocycles. The topological polar surface area (TPSA) is 12.0 Å². The number of halogens is 2. The van der Waals surface area contributed by atoms with E-state index in [4.69, 9.17) is 11.6 Å². The maximum Gasteiger partial charge on any atom is 0.164 e. The Morgan fingerprint density at radius 1 is 1.33 bits per heavy atom. The quantitative estimate of drug-likeness (QED) is 0.787. The minimum absolute atomic E-state index is 0.183. The van der Waals surface area contributed by atoms with Crippen molar-refractivity contribution >= 4 is 17.3 Å². The maximum absolute atomic E-state index is 13.9. The summed E-state index contributed by atoms with van der Waals surface area (Å²) in [5.41, 5.74) is 0.849. The third-order valence-electron chi connectivity index (χ3n) is 3.70. The summed E-state index contributed by atoms with van der Waals surface area (Å²) in [6.45, 7) is 6.83. The monoisotopic (exact) mass is 269 g/mol. The fourth-order valence-electron chi connectivity index (χ4n) is 3.29. The van der Waals surface area contributed by atoms with Gasteiger partial charge in [0.25, 0.3) is 0 Å². The van der Waals surface area contributed by atoms with Gasteiger partial charge in [0.15, 0.2) is 5.82 Å². The molecule has 0 aliphatic heterocycles. The molecule has 2 unspecified atom stereocenters. The second kappa shape index (κ2) is 5.08. The Morgan fingerprint density at radius 3 is 2.72 bits per heavy atom. The van der Waals surface area contributed by atoms with Crippen LogP contribution in [-0.2, 0) is 0 Å². The summed E-state index contributed by atoms with van der Waals surface area (Å²) in [7, 11) is 0. The number of nitrogens with one attached hydrogen (secondary N) is 1. The number of hydrogen-bond donors (Lipinski definition) is 1. The van der Waals surface area contributed by atoms with Gasteiger partial charge in [-0.15, -0.1) is 0 Å². The molecule has 0 saturated heterocycles. The molecule has 0 radical (unpaired) electrons. The van der Waals surface area contributed by atoms with Gasteiger partial charge in [-0.1, -0.05) is 38.4 Å². The normalized spacial score (nSPS) is 26.9. The largest absolute Gasteiger partial charge is 0.380 e. The van der Waals surface area contributed by atoms with Crippen molar-refractivity contribution in [1.29, 1.82) is 0 Å². The highest BCUT2D eigenvalue weighted by molar-refractivity contribution is 6.31. The van der Waals surface area contributed by atoms with E-state index in [-0.39, 0.29) is 10.8 Å². The molecule has 2 rings (SSSR count). The van der Waals surface area contributed by atoms with Crippen molar-refractivity contribution in [3.8, 4) is 0 Å². The Morgan fingerprint density at radius 2 is 2.06 bits per heavy atom. The summed E-state index contributed by atoms with van der Waals surface area (Å²) in [4.78, 5) is 0. The van der Waals surface area contributed by atoms with Crippen LogP contribution in [0.25, 0.3) is 0 Å². The van der Waals surface area contributed by atoms with E-state index in [2.05, 4.69) is 26.1 Å². The van der Waals surface area contributed by atoms with Gasteiger partial charge in [0.05, 0.1) is 10.7 Å². The van der Waals surface area contributed by atoms with E-state index in [1.807, 2.05) is 0 Å². The van der Waals surface area contributed by atoms with Crippen LogP contribution in [0, 0.1) is 17.2 Å². The van der Waals surface area contributed by atoms with E-state index < -0.39 is 0 Å². The van der Waals surface area contributed by atoms with Crippen LogP contribution in [0.4, 0.5) is 10.1 Å². The molecule has 0 bridgehead atoms. The molecule has 0 aromatic heterocycles. The molecular weight excluding hydrogens is 249 g/mol. The highest BCUT2D eigenvalue weighted by Gasteiger charge is 2.32. The molecule has 0 heterocycles. The molecule has 1 aromatic rings. The molecule has 1 aliphatic rings. The van der Waals surface area contributed by atoms with Gasteiger partial charge in [0, 0.05) is 6.04 Å². The lowest BCUT2D eigenvalue weighted by Crippen LogP contribution is -2.35. The number of benzene rings is 1. The van der Waals surface area contributed by atoms with Gasteiger partial charge in [-0.2, -0.15) is 0 Å². The molecule has 1 nitrogen and oxygen atoms in total. The third-order valence-corrected chi connectivity index (χ3v) is 3.99. The van der Waals surface area contributed by atoms with Gasteiger partial charge in [-0.05, 0) is 42.7 Å². The van der Waals surface area contributed by atoms with Crippen molar-refractivity contribution in [2.24, 2.45) is 11.3 Å². The van der Waals surface area contributed by atoms with Crippen molar-refractivity contribution in [2.75, 3.05) is 5.32 Å². The van der Waals surface area contributed by atoms with Crippen molar-refractivity contribution in [3.05, 3.63) is 29.0 Å². The van der Waals surface area contributed by atoms with Crippen molar-refractivity contribution in [2.45, 2.75) is 46.1 Å². The molecule has 1 aliphatic carbocycles. The van der Waals surface area contributed by atoms with Gasteiger partial charge in [0.1, 0.15) is 0 Å². The number of hydrogen-bond acceptors (Lipinski definition) is 1. The first-order chi connectivity index (χ1) is 8.37. The van der Waals surface area contributed by atoms with E-state index in [1.165, 1.54) is 6.42 Å². The van der Waals surface area contributed by atoms with Crippen LogP contribution < -0.4 is 5.32 Å². The van der Waals surface area contributed by atoms with Crippen molar-refractivity contribution in [1.82, 2.24) is 0 Å². The summed E-state index contributed by atoms with van der Waals surface area (Å²) in [6, 6.07) is 5.45. The van der Waals surface area contributed by atoms with Gasteiger partial charge < -0.3 is 5.32 Å². The first-order valence-electron chi connectivity index (χ1n) is 6.58. The Bertz CT molecular complexity index is 431. The lowest BCUT2D eigenvalue weighted by Gasteiger charge is -2.39. The molecule has 3 heteroatoms. The standard InChI is InChI=1S/C15H21ClFN/c1-10-7-11(9-15(2,3)8-10)18-13-6-4-5-12(16)14(13)17/h4-6,10-11,18H,7-9H2,1-3H3. The van der Waals surface area contributed by atoms with Crippen LogP contribution in [0.2, 0.25) is 5.02 Å². The van der Waals surface area contributed by atoms with Crippen LogP contribution in [0.1, 0.15) is 40.0 Å². The summed E-state index contributed by atoms with van der Waals surface area (Å²) in [6.07, 6.45) is 3.40. The zero-order chi connectivity index (χ0) is 13.3. The fourth-order valence-corrected chi connectivity index (χ4v) is 3.47. The second-order valence-corrected chi connectivity index (χ2v) is 6.76. The van der Waals surface area contributed by atoms with E-state index >= 15 is 0 Å². The average Bonchev–Trinajstić information content (AvgIpc) is 2.22. The minimum Gasteiger partial charge on any atom is -0.380 e. The summed E-state index contributed by atoms with van der Waals surface area (Å²) >= 11 is 5.80. The maximum atomic E-state index is 13.9. The van der Waals surface area contributed by atoms with Crippen molar-refractivity contribution < 1.29 is 4.39 Å². The first-order valence-corrected chi connectivity index (χ1v) is 6.96. The lowest BCUT2D eigenvalue weighted by molar-refractivity contribution is 0.178. The van der Waals surface area contributed by atoms with Crippen LogP contribution >= 0.6 is 11.6 Å². The van der Waals surface area contributed by atoms with Crippen LogP contribution in [0.5, 0.6) is 0 Å². The highest BCUT2D eigenvalue weighted by atomic mass is 35.5. The Labute approximate surface area is 114 Å². The van der Waals surface area contributed by atoms with Gasteiger partial charge in [-0.25, -0.2) is 4.39 Å². The van der Waals surface area contributed by atoms with Crippen molar-refractivity contribution in [3.63, 3.8) is 0 Å². The molecule has 2 atom stereocenters. The van der Waals surface area contributed by atoms with Gasteiger partial charge in [0.2, 0.25) is 0 Å². The average molecular weight is 270 g/mol. The Kier molecular flexibility index (Phi) is 3.86. The molecule has 1 N–H and O–H groups in total. The smallest absolute Gasteiger partial charge is 0.164 e. The zero-order valence-electron chi connectivity index (χ0n) is 11.3. The van der Waals surface area contributed by atoms with Crippen LogP contribution in [-0.4, -0.2) is 6.04 Å². The third kappa shape index (κ3) is 3.17. The Hall–Kier alpha value is -0.760. The van der Waals surface area contributed by atoms with Gasteiger partial charge in [-0.3, -0.25) is 0 Å². The molecule has 1 saturated carbocycles. The van der Waals surface area contributed by atoms with E-state index in [0.717, 1.165) is 12.8 Å². The summed E-state index contributed by atoms with van der Waals surface area (Å²) in [5.74, 6) is 0.337. The molecule has 100 valence electrons. The summed E-state index contributed by atoms with van der Waals surface area (Å²) in [5, 5.41) is 3.50. The van der Waals surface area contributed by atoms with E-state index in [9.17, 15) is 4.39 Å². The predicted octanol–water partition coefficient (Wildman–Crippen LogP) is 5.11. The molecule has 0 spiro atoms. The predicted molar refractivity (Wildman–Crippen MR) is 75.6 cm³/mol. The number of anilines is 1. The SMILES string of the molecule is CC1CC(Nc2cccc(Cl)c2F)CC(C)(C)C1. The second-order valence-electron chi connectivity index (χ2n) is 6.36. The Balaban J connectivity index is 2.11. The van der Waals surface area contributed by atoms with Crippen LogP contribution in [0.3, 0.4) is 0 Å². The van der Waals surface area contributed by atoms with Crippen LogP contribution in [0.15, 0.2) is 18.2 Å². The number of rotatable bonds is 2. The summed E-state index contributed by atoms with van der Waals surface area (Å²) < 4.78 is 13.9. The minimum atomic E-state index is -0.338. The molecule has 0 amide bonds. The zero-order valence-corrected chi connectivity index (χ0v) is 12.0. The molecular formula is C15H21ClFN. The van der Waals surface area contributed by atoms with E-state index in [0.29, 0.717) is 23.1 Å². The fraction of sp³-hybridized carbons (Fsp3) is 0.600. The highest BCUT2D eigenvalue weighted by Crippen LogP contribution is 2.39. The first kappa shape index (κ1) is 13.7. The van der Waals surface area contributed by atoms with E-state index in [1.54, 1.807) is 18.2 Å².